The number of hydrogen-bond acceptors (Lipinski definition) is 5. The van der Waals surface area contributed by atoms with Crippen molar-refractivity contribution in [3.8, 4) is 0 Å². The molecule has 0 aliphatic carbocycles. The summed E-state index contributed by atoms with van der Waals surface area (Å²) in [7, 11) is 0. The Labute approximate surface area is 130 Å². The monoisotopic (exact) mass is 304 g/mol. The van der Waals surface area contributed by atoms with Gasteiger partial charge in [0.15, 0.2) is 5.65 Å². The molecule has 7 heteroatoms. The summed E-state index contributed by atoms with van der Waals surface area (Å²) in [6.07, 6.45) is 3.25. The molecule has 0 bridgehead atoms. The van der Waals surface area contributed by atoms with Gasteiger partial charge in [0, 0.05) is 20.0 Å². The molecule has 0 saturated carbocycles. The normalized spacial score (nSPS) is 15.5. The van der Waals surface area contributed by atoms with Gasteiger partial charge in [-0.05, 0) is 19.8 Å². The number of likely N-dealkylation sites (tertiary alicyclic amines) is 1. The number of carbonyl (C=O) groups excluding carboxylic acids is 1. The van der Waals surface area contributed by atoms with E-state index in [-0.39, 0.29) is 11.9 Å². The van der Waals surface area contributed by atoms with Gasteiger partial charge in [-0.3, -0.25) is 4.79 Å². The zero-order chi connectivity index (χ0) is 16.3. The molecule has 1 amide bonds. The van der Waals surface area contributed by atoms with Crippen LogP contribution < -0.4 is 5.73 Å². The molecule has 120 valence electrons. The minimum absolute atomic E-state index is 0.136. The zero-order valence-electron chi connectivity index (χ0n) is 13.7. The van der Waals surface area contributed by atoms with Gasteiger partial charge >= 0.3 is 0 Å². The van der Waals surface area contributed by atoms with Crippen molar-refractivity contribution in [2.45, 2.75) is 46.6 Å². The molecule has 0 unspecified atom stereocenters. The Hall–Kier alpha value is -2.18. The third-order valence-corrected chi connectivity index (χ3v) is 3.95. The second-order valence-electron chi connectivity index (χ2n) is 5.22. The van der Waals surface area contributed by atoms with Gasteiger partial charge in [-0.1, -0.05) is 13.8 Å². The molecule has 22 heavy (non-hydrogen) atoms. The van der Waals surface area contributed by atoms with Gasteiger partial charge in [-0.25, -0.2) is 14.6 Å². The van der Waals surface area contributed by atoms with Crippen LogP contribution in [0.25, 0.3) is 11.0 Å². The third-order valence-electron chi connectivity index (χ3n) is 3.95. The van der Waals surface area contributed by atoms with Crippen molar-refractivity contribution in [1.29, 1.82) is 0 Å². The van der Waals surface area contributed by atoms with Gasteiger partial charge in [-0.15, -0.1) is 0 Å². The van der Waals surface area contributed by atoms with Crippen LogP contribution in [0.1, 0.15) is 45.3 Å². The number of anilines is 1. The lowest BCUT2D eigenvalue weighted by Gasteiger charge is -2.31. The molecular weight excluding hydrogens is 280 g/mol. The van der Waals surface area contributed by atoms with Crippen LogP contribution in [0.15, 0.2) is 6.33 Å². The maximum Gasteiger partial charge on any atom is 0.219 e. The first kappa shape index (κ1) is 16.2. The van der Waals surface area contributed by atoms with Gasteiger partial charge in [-0.2, -0.15) is 5.10 Å². The SMILES string of the molecule is CC.CC(=O)N1CCC(n2nc(C)c3c(N)ncnc32)CC1. The Morgan fingerprint density at radius 2 is 1.91 bits per heavy atom. The second-order valence-corrected chi connectivity index (χ2v) is 5.22. The van der Waals surface area contributed by atoms with Crippen molar-refractivity contribution in [2.75, 3.05) is 18.8 Å². The summed E-state index contributed by atoms with van der Waals surface area (Å²) in [6.45, 7) is 9.06. The number of fused-ring (bicyclic) bond motifs is 1. The molecule has 2 aromatic rings. The van der Waals surface area contributed by atoms with Gasteiger partial charge in [0.25, 0.3) is 0 Å². The summed E-state index contributed by atoms with van der Waals surface area (Å²) < 4.78 is 1.94. The number of nitrogen functional groups attached to an aromatic ring is 1. The van der Waals surface area contributed by atoms with Gasteiger partial charge in [0.05, 0.1) is 17.1 Å². The average molecular weight is 304 g/mol. The van der Waals surface area contributed by atoms with Crippen LogP contribution in [-0.4, -0.2) is 43.6 Å². The Morgan fingerprint density at radius 3 is 2.50 bits per heavy atom. The van der Waals surface area contributed by atoms with Crippen molar-refractivity contribution in [1.82, 2.24) is 24.6 Å². The topological polar surface area (TPSA) is 89.9 Å². The smallest absolute Gasteiger partial charge is 0.219 e. The number of rotatable bonds is 1. The van der Waals surface area contributed by atoms with E-state index in [2.05, 4.69) is 15.1 Å². The molecule has 2 N–H and O–H groups in total. The van der Waals surface area contributed by atoms with Crippen molar-refractivity contribution < 1.29 is 4.79 Å². The molecule has 3 rings (SSSR count). The average Bonchev–Trinajstić information content (AvgIpc) is 2.88. The third kappa shape index (κ3) is 2.88. The lowest BCUT2D eigenvalue weighted by Crippen LogP contribution is -2.37. The van der Waals surface area contributed by atoms with E-state index in [0.29, 0.717) is 5.82 Å². The summed E-state index contributed by atoms with van der Waals surface area (Å²) >= 11 is 0. The fraction of sp³-hybridized carbons (Fsp3) is 0.600. The van der Waals surface area contributed by atoms with Crippen molar-refractivity contribution >= 4 is 22.8 Å². The summed E-state index contributed by atoms with van der Waals surface area (Å²) in [6, 6.07) is 0.260. The van der Waals surface area contributed by atoms with Crippen molar-refractivity contribution in [3.05, 3.63) is 12.0 Å². The molecule has 7 nitrogen and oxygen atoms in total. The van der Waals surface area contributed by atoms with E-state index in [1.807, 2.05) is 30.4 Å². The number of nitrogens with two attached hydrogens (primary N) is 1. The van der Waals surface area contributed by atoms with Gasteiger partial charge in [0.2, 0.25) is 5.91 Å². The van der Waals surface area contributed by atoms with E-state index < -0.39 is 0 Å². The first-order valence-corrected chi connectivity index (χ1v) is 7.78. The zero-order valence-corrected chi connectivity index (χ0v) is 13.7. The van der Waals surface area contributed by atoms with Crippen molar-refractivity contribution in [3.63, 3.8) is 0 Å². The summed E-state index contributed by atoms with van der Waals surface area (Å²) in [5.41, 5.74) is 7.55. The van der Waals surface area contributed by atoms with Crippen LogP contribution in [0.4, 0.5) is 5.82 Å². The Morgan fingerprint density at radius 1 is 1.27 bits per heavy atom. The Balaban J connectivity index is 0.000000847. The molecule has 3 heterocycles. The van der Waals surface area contributed by atoms with Crippen LogP contribution in [0.5, 0.6) is 0 Å². The first-order valence-electron chi connectivity index (χ1n) is 7.78. The quantitative estimate of drug-likeness (QED) is 0.869. The van der Waals surface area contributed by atoms with E-state index in [9.17, 15) is 4.79 Å². The Bertz CT molecular complexity index is 657. The molecule has 0 radical (unpaired) electrons. The highest BCUT2D eigenvalue weighted by Crippen LogP contribution is 2.28. The number of nitrogens with zero attached hydrogens (tertiary/aromatic N) is 5. The van der Waals surface area contributed by atoms with Crippen LogP contribution in [-0.2, 0) is 4.79 Å². The number of amides is 1. The molecular formula is C15H24N6O. The van der Waals surface area contributed by atoms with E-state index in [4.69, 9.17) is 5.73 Å². The largest absolute Gasteiger partial charge is 0.383 e. The van der Waals surface area contributed by atoms with E-state index >= 15 is 0 Å². The maximum absolute atomic E-state index is 11.4. The minimum atomic E-state index is 0.136. The Kier molecular flexibility index (Phi) is 4.95. The highest BCUT2D eigenvalue weighted by Gasteiger charge is 2.25. The second kappa shape index (κ2) is 6.72. The van der Waals surface area contributed by atoms with E-state index in [1.54, 1.807) is 6.92 Å². The molecule has 0 aromatic carbocycles. The van der Waals surface area contributed by atoms with Gasteiger partial charge in [0.1, 0.15) is 12.1 Å². The highest BCUT2D eigenvalue weighted by atomic mass is 16.2. The van der Waals surface area contributed by atoms with E-state index in [1.165, 1.54) is 6.33 Å². The number of hydrogen-bond donors (Lipinski definition) is 1. The minimum Gasteiger partial charge on any atom is -0.383 e. The van der Waals surface area contributed by atoms with Crippen LogP contribution in [0.3, 0.4) is 0 Å². The number of aryl methyl sites for hydroxylation is 1. The highest BCUT2D eigenvalue weighted by molar-refractivity contribution is 5.87. The van der Waals surface area contributed by atoms with Crippen LogP contribution in [0, 0.1) is 6.92 Å². The predicted octanol–water partition coefficient (Wildman–Crippen LogP) is 1.93. The van der Waals surface area contributed by atoms with E-state index in [0.717, 1.165) is 42.7 Å². The molecule has 1 saturated heterocycles. The lowest BCUT2D eigenvalue weighted by molar-refractivity contribution is -0.130. The molecule has 1 aliphatic heterocycles. The van der Waals surface area contributed by atoms with Crippen molar-refractivity contribution in [2.24, 2.45) is 0 Å². The number of carbonyl (C=O) groups is 1. The molecule has 0 spiro atoms. The fourth-order valence-electron chi connectivity index (χ4n) is 2.85. The molecule has 1 fully saturated rings. The summed E-state index contributed by atoms with van der Waals surface area (Å²) in [5, 5.41) is 5.41. The predicted molar refractivity (Wildman–Crippen MR) is 86.3 cm³/mol. The molecule has 0 atom stereocenters. The summed E-state index contributed by atoms with van der Waals surface area (Å²) in [4.78, 5) is 21.6. The van der Waals surface area contributed by atoms with Gasteiger partial charge < -0.3 is 10.6 Å². The first-order chi connectivity index (χ1) is 10.6. The van der Waals surface area contributed by atoms with Crippen LogP contribution in [0.2, 0.25) is 0 Å². The molecule has 2 aromatic heterocycles. The summed E-state index contributed by atoms with van der Waals surface area (Å²) in [5.74, 6) is 0.608. The standard InChI is InChI=1S/C13H18N6O.C2H6/c1-8-11-12(14)15-7-16-13(11)19(17-8)10-3-5-18(6-4-10)9(2)20;1-2/h7,10H,3-6H2,1-2H3,(H2,14,15,16);1-2H3. The fourth-order valence-corrected chi connectivity index (χ4v) is 2.85. The lowest BCUT2D eigenvalue weighted by atomic mass is 10.1. The maximum atomic E-state index is 11.4. The molecule has 1 aliphatic rings. The number of aromatic nitrogens is 4. The number of piperidine rings is 1. The van der Waals surface area contributed by atoms with Crippen LogP contribution >= 0.6 is 0 Å².